The molecule has 0 spiro atoms. The van der Waals surface area contributed by atoms with Gasteiger partial charge in [-0.15, -0.1) is 11.3 Å². The molecule has 1 fully saturated rings. The highest BCUT2D eigenvalue weighted by atomic mass is 32.1. The average Bonchev–Trinajstić information content (AvgIpc) is 3.58. The highest BCUT2D eigenvalue weighted by molar-refractivity contribution is 7.19. The van der Waals surface area contributed by atoms with Crippen LogP contribution in [0.4, 0.5) is 0 Å². The normalized spacial score (nSPS) is 17.9. The maximum absolute atomic E-state index is 11.5. The Balaban J connectivity index is 0.000000585. The van der Waals surface area contributed by atoms with Crippen LogP contribution in [-0.4, -0.2) is 82.0 Å². The molecule has 41 heavy (non-hydrogen) atoms. The number of hydrogen-bond donors (Lipinski definition) is 5. The quantitative estimate of drug-likeness (QED) is 0.194. The molecule has 1 aliphatic heterocycles. The third-order valence-corrected chi connectivity index (χ3v) is 8.37. The number of rotatable bonds is 8. The van der Waals surface area contributed by atoms with Crippen molar-refractivity contribution in [3.05, 3.63) is 59.1 Å². The van der Waals surface area contributed by atoms with Gasteiger partial charge in [-0.2, -0.15) is 0 Å². The standard InChI is InChI=1S/C27H31N3O4S.C2H2O4/c1-16-10-18(25-11-17-6-7-20(33-2)12-26(17)35-25)8-9-30(16)14-19(31)15-34-24-5-3-4-22-21(24)13-23(29-22)27(28)32;3-1(4)2(5)6/h3-7,11-13,16,18-19,29,31H,8-10,14-15H2,1-2H3,(H2,28,32);(H,3,4)(H,5,6)/t16-,18+,19-;/m0./s1. The Hall–Kier alpha value is -4.13. The van der Waals surface area contributed by atoms with Crippen LogP contribution in [0.15, 0.2) is 48.5 Å². The number of aromatic amines is 1. The molecule has 0 radical (unpaired) electrons. The topological polar surface area (TPSA) is 175 Å². The van der Waals surface area contributed by atoms with Crippen LogP contribution >= 0.6 is 11.3 Å². The van der Waals surface area contributed by atoms with Gasteiger partial charge in [0.15, 0.2) is 0 Å². The Kier molecular flexibility index (Phi) is 9.48. The molecule has 3 atom stereocenters. The Morgan fingerprint density at radius 1 is 1.15 bits per heavy atom. The highest BCUT2D eigenvalue weighted by Gasteiger charge is 2.29. The Labute approximate surface area is 240 Å². The van der Waals surface area contributed by atoms with Crippen molar-refractivity contribution < 1.29 is 39.2 Å². The molecule has 0 bridgehead atoms. The van der Waals surface area contributed by atoms with Gasteiger partial charge >= 0.3 is 11.9 Å². The van der Waals surface area contributed by atoms with Crippen LogP contribution < -0.4 is 15.2 Å². The number of primary amides is 1. The molecule has 12 heteroatoms. The van der Waals surface area contributed by atoms with Crippen molar-refractivity contribution in [3.8, 4) is 11.5 Å². The van der Waals surface area contributed by atoms with E-state index in [4.69, 9.17) is 35.0 Å². The van der Waals surface area contributed by atoms with Gasteiger partial charge in [-0.1, -0.05) is 6.07 Å². The number of nitrogens with zero attached hydrogens (tertiary/aromatic N) is 1. The number of nitrogens with two attached hydrogens (primary N) is 1. The fraction of sp³-hybridized carbons (Fsp3) is 0.345. The number of aromatic nitrogens is 1. The number of nitrogens with one attached hydrogen (secondary N) is 1. The van der Waals surface area contributed by atoms with Gasteiger partial charge in [0.25, 0.3) is 5.91 Å². The molecule has 1 amide bonds. The molecule has 3 heterocycles. The number of benzene rings is 2. The first-order valence-corrected chi connectivity index (χ1v) is 13.9. The zero-order valence-electron chi connectivity index (χ0n) is 22.7. The average molecular weight is 584 g/mol. The van der Waals surface area contributed by atoms with Crippen molar-refractivity contribution in [1.29, 1.82) is 0 Å². The zero-order valence-corrected chi connectivity index (χ0v) is 23.5. The number of carbonyl (C=O) groups excluding carboxylic acids is 1. The summed E-state index contributed by atoms with van der Waals surface area (Å²) in [5, 5.41) is 27.6. The van der Waals surface area contributed by atoms with Crippen LogP contribution in [0.25, 0.3) is 21.0 Å². The summed E-state index contributed by atoms with van der Waals surface area (Å²) < 4.78 is 12.6. The largest absolute Gasteiger partial charge is 0.497 e. The predicted molar refractivity (Wildman–Crippen MR) is 155 cm³/mol. The first-order chi connectivity index (χ1) is 19.5. The number of likely N-dealkylation sites (tertiary alicyclic amines) is 1. The van der Waals surface area contributed by atoms with Gasteiger partial charge in [-0.05, 0) is 80.1 Å². The molecule has 5 rings (SSSR count). The number of methoxy groups -OCH3 is 1. The van der Waals surface area contributed by atoms with Gasteiger partial charge in [-0.25, -0.2) is 9.59 Å². The number of aliphatic hydroxyl groups excluding tert-OH is 1. The molecule has 2 aromatic heterocycles. The van der Waals surface area contributed by atoms with Crippen molar-refractivity contribution in [2.75, 3.05) is 26.8 Å². The predicted octanol–water partition coefficient (Wildman–Crippen LogP) is 3.65. The number of H-pyrrole nitrogens is 1. The fourth-order valence-electron chi connectivity index (χ4n) is 5.01. The monoisotopic (exact) mass is 583 g/mol. The number of thiophene rings is 1. The summed E-state index contributed by atoms with van der Waals surface area (Å²) in [5.41, 5.74) is 6.50. The maximum Gasteiger partial charge on any atom is 0.414 e. The van der Waals surface area contributed by atoms with Crippen LogP contribution in [0.3, 0.4) is 0 Å². The number of aliphatic hydroxyl groups is 1. The van der Waals surface area contributed by atoms with E-state index in [1.54, 1.807) is 13.2 Å². The Morgan fingerprint density at radius 2 is 1.90 bits per heavy atom. The summed E-state index contributed by atoms with van der Waals surface area (Å²) in [4.78, 5) is 36.5. The first-order valence-electron chi connectivity index (χ1n) is 13.1. The van der Waals surface area contributed by atoms with Gasteiger partial charge < -0.3 is 35.5 Å². The minimum absolute atomic E-state index is 0.182. The summed E-state index contributed by atoms with van der Waals surface area (Å²) in [5.74, 6) is -2.11. The lowest BCUT2D eigenvalue weighted by Gasteiger charge is -2.38. The van der Waals surface area contributed by atoms with E-state index >= 15 is 0 Å². The number of carboxylic acids is 2. The summed E-state index contributed by atoms with van der Waals surface area (Å²) in [6.07, 6.45) is 1.52. The molecule has 1 aliphatic rings. The minimum Gasteiger partial charge on any atom is -0.497 e. The lowest BCUT2D eigenvalue weighted by atomic mass is 9.90. The number of fused-ring (bicyclic) bond motifs is 2. The van der Waals surface area contributed by atoms with Crippen molar-refractivity contribution in [2.45, 2.75) is 37.8 Å². The molecule has 218 valence electrons. The summed E-state index contributed by atoms with van der Waals surface area (Å²) in [6.45, 7) is 3.92. The molecule has 2 aromatic carbocycles. The van der Waals surface area contributed by atoms with E-state index in [0.717, 1.165) is 36.0 Å². The van der Waals surface area contributed by atoms with Crippen LogP contribution in [-0.2, 0) is 9.59 Å². The first kappa shape index (κ1) is 29.8. The van der Waals surface area contributed by atoms with Crippen molar-refractivity contribution in [1.82, 2.24) is 9.88 Å². The summed E-state index contributed by atoms with van der Waals surface area (Å²) >= 11 is 1.86. The van der Waals surface area contributed by atoms with E-state index in [0.29, 0.717) is 29.9 Å². The van der Waals surface area contributed by atoms with E-state index in [9.17, 15) is 9.90 Å². The minimum atomic E-state index is -1.82. The molecule has 11 nitrogen and oxygen atoms in total. The second-order valence-corrected chi connectivity index (χ2v) is 11.1. The van der Waals surface area contributed by atoms with Crippen LogP contribution in [0.5, 0.6) is 11.5 Å². The van der Waals surface area contributed by atoms with Gasteiger partial charge in [0.05, 0.1) is 7.11 Å². The molecule has 0 saturated carbocycles. The van der Waals surface area contributed by atoms with Gasteiger partial charge in [0, 0.05) is 33.1 Å². The molecule has 0 aliphatic carbocycles. The number of aliphatic carboxylic acids is 2. The van der Waals surface area contributed by atoms with Gasteiger partial charge in [-0.3, -0.25) is 9.69 Å². The van der Waals surface area contributed by atoms with Crippen LogP contribution in [0.1, 0.15) is 41.0 Å². The fourth-order valence-corrected chi connectivity index (χ4v) is 6.25. The van der Waals surface area contributed by atoms with E-state index in [1.165, 1.54) is 15.0 Å². The van der Waals surface area contributed by atoms with Crippen molar-refractivity contribution in [2.24, 2.45) is 5.73 Å². The number of carboxylic acid groups (broad SMARTS) is 2. The van der Waals surface area contributed by atoms with Crippen molar-refractivity contribution in [3.63, 3.8) is 0 Å². The van der Waals surface area contributed by atoms with E-state index in [1.807, 2.05) is 35.6 Å². The highest BCUT2D eigenvalue weighted by Crippen LogP contribution is 2.39. The van der Waals surface area contributed by atoms with E-state index in [2.05, 4.69) is 35.0 Å². The molecular formula is C29H33N3O8S. The molecule has 0 unspecified atom stereocenters. The summed E-state index contributed by atoms with van der Waals surface area (Å²) in [7, 11) is 1.70. The van der Waals surface area contributed by atoms with Gasteiger partial charge in [0.2, 0.25) is 0 Å². The van der Waals surface area contributed by atoms with Crippen LogP contribution in [0, 0.1) is 0 Å². The third-order valence-electron chi connectivity index (χ3n) is 7.11. The summed E-state index contributed by atoms with van der Waals surface area (Å²) in [6, 6.07) is 16.2. The number of β-amino-alcohol motifs (C(OH)–C–C–N with tert-alkyl or cyclic N) is 1. The second kappa shape index (κ2) is 13.0. The van der Waals surface area contributed by atoms with Crippen LogP contribution in [0.2, 0.25) is 0 Å². The lowest BCUT2D eigenvalue weighted by Crippen LogP contribution is -2.45. The molecule has 1 saturated heterocycles. The van der Waals surface area contributed by atoms with E-state index in [-0.39, 0.29) is 6.61 Å². The number of ether oxygens (including phenoxy) is 2. The van der Waals surface area contributed by atoms with Gasteiger partial charge in [0.1, 0.15) is 29.9 Å². The smallest absolute Gasteiger partial charge is 0.414 e. The Bertz CT molecular complexity index is 1540. The maximum atomic E-state index is 11.5. The molecule has 4 aromatic rings. The lowest BCUT2D eigenvalue weighted by molar-refractivity contribution is -0.159. The third kappa shape index (κ3) is 7.34. The number of piperidine rings is 1. The molecular weight excluding hydrogens is 550 g/mol. The molecule has 6 N–H and O–H groups in total. The Morgan fingerprint density at radius 3 is 2.56 bits per heavy atom. The number of hydrogen-bond acceptors (Lipinski definition) is 8. The number of amides is 1. The zero-order chi connectivity index (χ0) is 29.7. The van der Waals surface area contributed by atoms with Crippen molar-refractivity contribution >= 4 is 50.2 Å². The second-order valence-electron chi connectivity index (χ2n) is 9.96. The SMILES string of the molecule is COc1ccc2cc([C@@H]3CCN(C[C@H](O)COc4cccc5[nH]c(C(N)=O)cc45)[C@@H](C)C3)sc2c1.O=C(O)C(=O)O. The number of carbonyl (C=O) groups is 3. The van der Waals surface area contributed by atoms with E-state index < -0.39 is 23.9 Å².